The minimum atomic E-state index is 0.595. The van der Waals surface area contributed by atoms with Gasteiger partial charge in [-0.25, -0.2) is 0 Å². The van der Waals surface area contributed by atoms with E-state index in [2.05, 4.69) is 18.9 Å². The van der Waals surface area contributed by atoms with Gasteiger partial charge in [-0.1, -0.05) is 13.8 Å². The Bertz CT molecular complexity index is 318. The van der Waals surface area contributed by atoms with Gasteiger partial charge >= 0.3 is 0 Å². The highest BCUT2D eigenvalue weighted by molar-refractivity contribution is 5.43. The highest BCUT2D eigenvalue weighted by Gasteiger charge is 2.14. The molecule has 0 aliphatic carbocycles. The molecule has 0 aliphatic rings. The normalized spacial score (nSPS) is 11.3. The van der Waals surface area contributed by atoms with E-state index >= 15 is 0 Å². The fourth-order valence-electron chi connectivity index (χ4n) is 1.67. The fourth-order valence-corrected chi connectivity index (χ4v) is 1.67. The molecule has 0 unspecified atom stereocenters. The number of nitrogen functional groups attached to an aromatic ring is 1. The molecule has 1 rings (SSSR count). The summed E-state index contributed by atoms with van der Waals surface area (Å²) in [6.07, 6.45) is 1.82. The van der Waals surface area contributed by atoms with E-state index < -0.39 is 0 Å². The number of aromatic nitrogens is 2. The zero-order chi connectivity index (χ0) is 11.4. The molecule has 0 radical (unpaired) electrons. The Balaban J connectivity index is 2.88. The second kappa shape index (κ2) is 5.16. The minimum absolute atomic E-state index is 0.595. The smallest absolute Gasteiger partial charge is 0.124 e. The number of ether oxygens (including phenoxy) is 1. The van der Waals surface area contributed by atoms with Crippen LogP contribution in [0.1, 0.15) is 25.1 Å². The molecule has 4 nitrogen and oxygen atoms in total. The van der Waals surface area contributed by atoms with E-state index in [0.29, 0.717) is 12.5 Å². The summed E-state index contributed by atoms with van der Waals surface area (Å²) in [7, 11) is 3.59. The molecule has 0 aliphatic heterocycles. The Morgan fingerprint density at radius 2 is 2.13 bits per heavy atom. The van der Waals surface area contributed by atoms with E-state index in [0.717, 1.165) is 24.4 Å². The number of anilines is 1. The molecule has 0 atom stereocenters. The fraction of sp³-hybridized carbons (Fsp3) is 0.727. The summed E-state index contributed by atoms with van der Waals surface area (Å²) in [6.45, 7) is 5.07. The molecule has 1 aromatic heterocycles. The third kappa shape index (κ3) is 2.96. The van der Waals surface area contributed by atoms with Crippen molar-refractivity contribution in [1.29, 1.82) is 0 Å². The third-order valence-electron chi connectivity index (χ3n) is 2.43. The van der Waals surface area contributed by atoms with Crippen LogP contribution in [0.25, 0.3) is 0 Å². The first kappa shape index (κ1) is 12.0. The monoisotopic (exact) mass is 211 g/mol. The van der Waals surface area contributed by atoms with Gasteiger partial charge in [0.2, 0.25) is 0 Å². The molecular weight excluding hydrogens is 190 g/mol. The van der Waals surface area contributed by atoms with Crippen molar-refractivity contribution in [3.05, 3.63) is 11.3 Å². The van der Waals surface area contributed by atoms with Gasteiger partial charge in [0, 0.05) is 26.1 Å². The van der Waals surface area contributed by atoms with Gasteiger partial charge in [0.15, 0.2) is 0 Å². The van der Waals surface area contributed by atoms with Crippen molar-refractivity contribution in [1.82, 2.24) is 9.78 Å². The number of nitrogens with two attached hydrogens (primary N) is 1. The molecule has 0 bridgehead atoms. The Morgan fingerprint density at radius 3 is 2.67 bits per heavy atom. The molecule has 0 saturated heterocycles. The van der Waals surface area contributed by atoms with Crippen molar-refractivity contribution >= 4 is 5.82 Å². The molecule has 0 aromatic carbocycles. The van der Waals surface area contributed by atoms with Gasteiger partial charge in [0.25, 0.3) is 0 Å². The highest BCUT2D eigenvalue weighted by atomic mass is 16.5. The zero-order valence-corrected chi connectivity index (χ0v) is 10.1. The molecule has 0 amide bonds. The average Bonchev–Trinajstić information content (AvgIpc) is 2.42. The first-order valence-electron chi connectivity index (χ1n) is 5.35. The standard InChI is InChI=1S/C11H21N3O/c1-8(2)7-9-10(5-6-15-4)13-14(3)11(9)12/h8H,5-7,12H2,1-4H3. The molecule has 15 heavy (non-hydrogen) atoms. The van der Waals surface area contributed by atoms with Crippen molar-refractivity contribution in [2.75, 3.05) is 19.5 Å². The van der Waals surface area contributed by atoms with Gasteiger partial charge in [-0.05, 0) is 12.3 Å². The van der Waals surface area contributed by atoms with Crippen molar-refractivity contribution in [2.24, 2.45) is 13.0 Å². The summed E-state index contributed by atoms with van der Waals surface area (Å²) < 4.78 is 6.82. The van der Waals surface area contributed by atoms with Gasteiger partial charge in [-0.15, -0.1) is 0 Å². The molecule has 4 heteroatoms. The van der Waals surface area contributed by atoms with Crippen LogP contribution in [0.3, 0.4) is 0 Å². The van der Waals surface area contributed by atoms with Crippen LogP contribution in [0.5, 0.6) is 0 Å². The quantitative estimate of drug-likeness (QED) is 0.800. The maximum atomic E-state index is 5.98. The van der Waals surface area contributed by atoms with E-state index in [1.165, 1.54) is 5.56 Å². The molecule has 1 heterocycles. The molecule has 0 spiro atoms. The van der Waals surface area contributed by atoms with E-state index in [-0.39, 0.29) is 0 Å². The van der Waals surface area contributed by atoms with E-state index in [1.807, 2.05) is 7.05 Å². The van der Waals surface area contributed by atoms with Crippen molar-refractivity contribution in [3.8, 4) is 0 Å². The summed E-state index contributed by atoms with van der Waals surface area (Å²) >= 11 is 0. The number of hydrogen-bond acceptors (Lipinski definition) is 3. The molecule has 86 valence electrons. The Kier molecular flexibility index (Phi) is 4.15. The van der Waals surface area contributed by atoms with Crippen LogP contribution < -0.4 is 5.73 Å². The number of methoxy groups -OCH3 is 1. The van der Waals surface area contributed by atoms with Gasteiger partial charge in [-0.3, -0.25) is 4.68 Å². The Labute approximate surface area is 91.4 Å². The number of aryl methyl sites for hydroxylation is 1. The second-order valence-electron chi connectivity index (χ2n) is 4.27. The summed E-state index contributed by atoms with van der Waals surface area (Å²) in [4.78, 5) is 0. The third-order valence-corrected chi connectivity index (χ3v) is 2.43. The molecule has 1 aromatic rings. The SMILES string of the molecule is COCCc1nn(C)c(N)c1CC(C)C. The minimum Gasteiger partial charge on any atom is -0.384 e. The van der Waals surface area contributed by atoms with Crippen LogP contribution in [0.2, 0.25) is 0 Å². The van der Waals surface area contributed by atoms with Gasteiger partial charge < -0.3 is 10.5 Å². The number of nitrogens with zero attached hydrogens (tertiary/aromatic N) is 2. The summed E-state index contributed by atoms with van der Waals surface area (Å²) in [5.41, 5.74) is 8.24. The van der Waals surface area contributed by atoms with Crippen LogP contribution >= 0.6 is 0 Å². The lowest BCUT2D eigenvalue weighted by molar-refractivity contribution is 0.201. The van der Waals surface area contributed by atoms with Gasteiger partial charge in [0.1, 0.15) is 5.82 Å². The Hall–Kier alpha value is -1.03. The molecule has 0 saturated carbocycles. The highest BCUT2D eigenvalue weighted by Crippen LogP contribution is 2.20. The van der Waals surface area contributed by atoms with Crippen LogP contribution in [0.4, 0.5) is 5.82 Å². The van der Waals surface area contributed by atoms with Crippen molar-refractivity contribution < 1.29 is 4.74 Å². The average molecular weight is 211 g/mol. The lowest BCUT2D eigenvalue weighted by Crippen LogP contribution is -2.03. The zero-order valence-electron chi connectivity index (χ0n) is 10.1. The predicted molar refractivity (Wildman–Crippen MR) is 61.7 cm³/mol. The lowest BCUT2D eigenvalue weighted by Gasteiger charge is -2.06. The molecule has 0 fully saturated rings. The van der Waals surface area contributed by atoms with E-state index in [4.69, 9.17) is 10.5 Å². The van der Waals surface area contributed by atoms with Crippen LogP contribution in [0, 0.1) is 5.92 Å². The van der Waals surface area contributed by atoms with Crippen molar-refractivity contribution in [2.45, 2.75) is 26.7 Å². The first-order chi connectivity index (χ1) is 7.06. The lowest BCUT2D eigenvalue weighted by atomic mass is 10.0. The number of rotatable bonds is 5. The van der Waals surface area contributed by atoms with Crippen LogP contribution in [-0.4, -0.2) is 23.5 Å². The van der Waals surface area contributed by atoms with E-state index in [9.17, 15) is 0 Å². The van der Waals surface area contributed by atoms with Gasteiger partial charge in [0.05, 0.1) is 12.3 Å². The topological polar surface area (TPSA) is 53.1 Å². The van der Waals surface area contributed by atoms with Crippen LogP contribution in [-0.2, 0) is 24.6 Å². The first-order valence-corrected chi connectivity index (χ1v) is 5.35. The summed E-state index contributed by atoms with van der Waals surface area (Å²) in [5, 5.41) is 4.41. The van der Waals surface area contributed by atoms with Gasteiger partial charge in [-0.2, -0.15) is 5.10 Å². The maximum absolute atomic E-state index is 5.98. The maximum Gasteiger partial charge on any atom is 0.124 e. The predicted octanol–water partition coefficient (Wildman–Crippen LogP) is 1.39. The summed E-state index contributed by atoms with van der Waals surface area (Å²) in [6, 6.07) is 0. The summed E-state index contributed by atoms with van der Waals surface area (Å²) in [5.74, 6) is 1.38. The largest absolute Gasteiger partial charge is 0.384 e. The van der Waals surface area contributed by atoms with E-state index in [1.54, 1.807) is 11.8 Å². The number of hydrogen-bond donors (Lipinski definition) is 1. The molecule has 2 N–H and O–H groups in total. The Morgan fingerprint density at radius 1 is 1.47 bits per heavy atom. The molecular formula is C11H21N3O. The second-order valence-corrected chi connectivity index (χ2v) is 4.27. The van der Waals surface area contributed by atoms with Crippen molar-refractivity contribution in [3.63, 3.8) is 0 Å². The van der Waals surface area contributed by atoms with Crippen LogP contribution in [0.15, 0.2) is 0 Å².